The van der Waals surface area contributed by atoms with E-state index in [1.807, 2.05) is 0 Å². The van der Waals surface area contributed by atoms with Gasteiger partial charge in [0.25, 0.3) is 15.9 Å². The molecule has 0 bridgehead atoms. The highest BCUT2D eigenvalue weighted by atomic mass is 35.5. The van der Waals surface area contributed by atoms with Gasteiger partial charge in [-0.3, -0.25) is 9.52 Å². The summed E-state index contributed by atoms with van der Waals surface area (Å²) in [7, 11) is -4.01. The SMILES string of the molecule is CCOC(=O)c1ccc(NS(=O)(=O)c2ccc(OCC)c(NC(=O)c3ccc(Cl)cc3)c2)cc1. The third kappa shape index (κ3) is 6.27. The third-order valence-electron chi connectivity index (χ3n) is 4.56. The highest BCUT2D eigenvalue weighted by molar-refractivity contribution is 7.92. The van der Waals surface area contributed by atoms with Gasteiger partial charge in [0.1, 0.15) is 5.75 Å². The Morgan fingerprint density at radius 2 is 1.53 bits per heavy atom. The van der Waals surface area contributed by atoms with Crippen LogP contribution < -0.4 is 14.8 Å². The highest BCUT2D eigenvalue weighted by Gasteiger charge is 2.19. The van der Waals surface area contributed by atoms with Crippen LogP contribution in [0.1, 0.15) is 34.6 Å². The van der Waals surface area contributed by atoms with Crippen LogP contribution in [0.5, 0.6) is 5.75 Å². The smallest absolute Gasteiger partial charge is 0.338 e. The van der Waals surface area contributed by atoms with Gasteiger partial charge in [0, 0.05) is 16.3 Å². The second-order valence-electron chi connectivity index (χ2n) is 6.96. The molecule has 0 atom stereocenters. The number of sulfonamides is 1. The number of carbonyl (C=O) groups is 2. The van der Waals surface area contributed by atoms with Gasteiger partial charge in [-0.25, -0.2) is 13.2 Å². The van der Waals surface area contributed by atoms with Crippen molar-refractivity contribution in [3.8, 4) is 5.75 Å². The summed E-state index contributed by atoms with van der Waals surface area (Å²) < 4.78 is 38.8. The normalized spacial score (nSPS) is 10.9. The molecule has 0 radical (unpaired) electrons. The largest absolute Gasteiger partial charge is 0.492 e. The molecule has 0 aliphatic rings. The van der Waals surface area contributed by atoms with Gasteiger partial charge in [-0.05, 0) is 80.6 Å². The van der Waals surface area contributed by atoms with Gasteiger partial charge in [-0.1, -0.05) is 11.6 Å². The molecular weight excluding hydrogens is 480 g/mol. The fourth-order valence-corrected chi connectivity index (χ4v) is 4.16. The van der Waals surface area contributed by atoms with Crippen LogP contribution in [0.2, 0.25) is 5.02 Å². The summed E-state index contributed by atoms with van der Waals surface area (Å²) in [6.07, 6.45) is 0. The van der Waals surface area contributed by atoms with E-state index in [0.717, 1.165) is 0 Å². The zero-order valence-corrected chi connectivity index (χ0v) is 20.1. The molecule has 0 aromatic heterocycles. The molecule has 178 valence electrons. The number of benzene rings is 3. The van der Waals surface area contributed by atoms with Gasteiger partial charge in [0.15, 0.2) is 0 Å². The zero-order valence-electron chi connectivity index (χ0n) is 18.5. The van der Waals surface area contributed by atoms with Crippen LogP contribution >= 0.6 is 11.6 Å². The Hall–Kier alpha value is -3.56. The van der Waals surface area contributed by atoms with Crippen molar-refractivity contribution in [3.05, 3.63) is 82.9 Å². The number of carbonyl (C=O) groups excluding carboxylic acids is 2. The van der Waals surface area contributed by atoms with Crippen LogP contribution in [-0.2, 0) is 14.8 Å². The van der Waals surface area contributed by atoms with Gasteiger partial charge in [-0.2, -0.15) is 0 Å². The minimum atomic E-state index is -4.01. The number of halogens is 1. The Bertz CT molecular complexity index is 1280. The number of rotatable bonds is 9. The van der Waals surface area contributed by atoms with Crippen molar-refractivity contribution in [2.45, 2.75) is 18.7 Å². The molecule has 0 fully saturated rings. The second kappa shape index (κ2) is 11.0. The van der Waals surface area contributed by atoms with E-state index in [0.29, 0.717) is 28.5 Å². The summed E-state index contributed by atoms with van der Waals surface area (Å²) in [6, 6.07) is 16.3. The van der Waals surface area contributed by atoms with Gasteiger partial charge < -0.3 is 14.8 Å². The zero-order chi connectivity index (χ0) is 24.7. The lowest BCUT2D eigenvalue weighted by atomic mass is 10.2. The number of nitrogens with one attached hydrogen (secondary N) is 2. The molecule has 0 aliphatic carbocycles. The molecule has 8 nitrogen and oxygen atoms in total. The minimum absolute atomic E-state index is 0.0863. The predicted molar refractivity (Wildman–Crippen MR) is 130 cm³/mol. The van der Waals surface area contributed by atoms with Crippen molar-refractivity contribution in [1.82, 2.24) is 0 Å². The van der Waals surface area contributed by atoms with Gasteiger partial charge >= 0.3 is 5.97 Å². The van der Waals surface area contributed by atoms with Crippen molar-refractivity contribution < 1.29 is 27.5 Å². The number of anilines is 2. The van der Waals surface area contributed by atoms with E-state index in [1.54, 1.807) is 38.1 Å². The average molecular weight is 503 g/mol. The minimum Gasteiger partial charge on any atom is -0.492 e. The first-order valence-electron chi connectivity index (χ1n) is 10.4. The van der Waals surface area contributed by atoms with Crippen molar-refractivity contribution >= 4 is 44.9 Å². The van der Waals surface area contributed by atoms with E-state index >= 15 is 0 Å². The Morgan fingerprint density at radius 3 is 2.15 bits per heavy atom. The predicted octanol–water partition coefficient (Wildman–Crippen LogP) is 4.97. The standard InChI is InChI=1S/C24H23ClN2O6S/c1-3-32-22-14-13-20(15-21(22)26-23(28)16-5-9-18(25)10-6-16)34(30,31)27-19-11-7-17(8-12-19)24(29)33-4-2/h5-15,27H,3-4H2,1-2H3,(H,26,28). The lowest BCUT2D eigenvalue weighted by Gasteiger charge is -2.14. The van der Waals surface area contributed by atoms with Crippen molar-refractivity contribution in [3.63, 3.8) is 0 Å². The molecule has 34 heavy (non-hydrogen) atoms. The Morgan fingerprint density at radius 1 is 0.882 bits per heavy atom. The first kappa shape index (κ1) is 25.1. The maximum absolute atomic E-state index is 13.0. The molecule has 3 aromatic rings. The fourth-order valence-electron chi connectivity index (χ4n) is 2.95. The lowest BCUT2D eigenvalue weighted by Crippen LogP contribution is -2.16. The van der Waals surface area contributed by atoms with Crippen molar-refractivity contribution in [1.29, 1.82) is 0 Å². The molecule has 1 amide bonds. The second-order valence-corrected chi connectivity index (χ2v) is 9.07. The maximum atomic E-state index is 13.0. The van der Waals surface area contributed by atoms with E-state index in [4.69, 9.17) is 21.1 Å². The quantitative estimate of drug-likeness (QED) is 0.400. The Balaban J connectivity index is 1.84. The molecular formula is C24H23ClN2O6S. The summed E-state index contributed by atoms with van der Waals surface area (Å²) >= 11 is 5.87. The van der Waals surface area contributed by atoms with E-state index in [-0.39, 0.29) is 22.9 Å². The summed E-state index contributed by atoms with van der Waals surface area (Å²) in [6.45, 7) is 4.03. The molecule has 0 aliphatic heterocycles. The molecule has 2 N–H and O–H groups in total. The molecule has 0 saturated carbocycles. The van der Waals surface area contributed by atoms with E-state index in [9.17, 15) is 18.0 Å². The van der Waals surface area contributed by atoms with Gasteiger partial charge in [0.05, 0.1) is 29.4 Å². The molecule has 3 rings (SSSR count). The van der Waals surface area contributed by atoms with Crippen LogP contribution in [0, 0.1) is 0 Å². The number of hydrogen-bond donors (Lipinski definition) is 2. The number of esters is 1. The van der Waals surface area contributed by atoms with Crippen molar-refractivity contribution in [2.24, 2.45) is 0 Å². The summed E-state index contributed by atoms with van der Waals surface area (Å²) in [5.74, 6) is -0.623. The van der Waals surface area contributed by atoms with Crippen molar-refractivity contribution in [2.75, 3.05) is 23.3 Å². The number of hydrogen-bond acceptors (Lipinski definition) is 6. The number of amides is 1. The molecule has 0 unspecified atom stereocenters. The first-order chi connectivity index (χ1) is 16.2. The molecule has 0 heterocycles. The summed E-state index contributed by atoms with van der Waals surface area (Å²) in [4.78, 5) is 24.3. The van der Waals surface area contributed by atoms with Crippen LogP contribution in [0.4, 0.5) is 11.4 Å². The third-order valence-corrected chi connectivity index (χ3v) is 6.19. The van der Waals surface area contributed by atoms with Gasteiger partial charge in [-0.15, -0.1) is 0 Å². The van der Waals surface area contributed by atoms with Crippen LogP contribution in [0.15, 0.2) is 71.6 Å². The van der Waals surface area contributed by atoms with Crippen LogP contribution in [-0.4, -0.2) is 33.5 Å². The summed E-state index contributed by atoms with van der Waals surface area (Å²) in [5, 5.41) is 3.18. The lowest BCUT2D eigenvalue weighted by molar-refractivity contribution is 0.0526. The molecule has 10 heteroatoms. The molecule has 0 saturated heterocycles. The topological polar surface area (TPSA) is 111 Å². The molecule has 3 aromatic carbocycles. The van der Waals surface area contributed by atoms with Gasteiger partial charge in [0.2, 0.25) is 0 Å². The van der Waals surface area contributed by atoms with E-state index in [1.165, 1.54) is 42.5 Å². The fraction of sp³-hybridized carbons (Fsp3) is 0.167. The Kier molecular flexibility index (Phi) is 8.14. The molecule has 0 spiro atoms. The van der Waals surface area contributed by atoms with E-state index < -0.39 is 21.9 Å². The monoisotopic (exact) mass is 502 g/mol. The maximum Gasteiger partial charge on any atom is 0.338 e. The Labute approximate surface area is 202 Å². The summed E-state index contributed by atoms with van der Waals surface area (Å²) in [5.41, 5.74) is 1.11. The van der Waals surface area contributed by atoms with E-state index in [2.05, 4.69) is 10.0 Å². The highest BCUT2D eigenvalue weighted by Crippen LogP contribution is 2.29. The average Bonchev–Trinajstić information content (AvgIpc) is 2.81. The van der Waals surface area contributed by atoms with Crippen LogP contribution in [0.3, 0.4) is 0 Å². The van der Waals surface area contributed by atoms with Crippen LogP contribution in [0.25, 0.3) is 0 Å². The first-order valence-corrected chi connectivity index (χ1v) is 12.2. The number of ether oxygens (including phenoxy) is 2.